The Labute approximate surface area is 193 Å². The van der Waals surface area contributed by atoms with Crippen molar-refractivity contribution in [1.82, 2.24) is 20.0 Å². The molecule has 33 heavy (non-hydrogen) atoms. The number of carbonyl (C=O) groups is 1. The molecule has 1 aromatic heterocycles. The summed E-state index contributed by atoms with van der Waals surface area (Å²) in [5, 5.41) is 10.5. The number of aromatic nitrogens is 2. The number of carbonyl (C=O) groups excluding carboxylic acids is 1. The topological polar surface area (TPSA) is 71.4 Å². The minimum Gasteiger partial charge on any atom is -0.383 e. The lowest BCUT2D eigenvalue weighted by atomic mass is 9.93. The van der Waals surface area contributed by atoms with Crippen LogP contribution in [0.2, 0.25) is 0 Å². The van der Waals surface area contributed by atoms with E-state index in [1.54, 1.807) is 24.9 Å². The zero-order chi connectivity index (χ0) is 23.4. The molecule has 0 spiro atoms. The number of nitrogens with one attached hydrogen (secondary N) is 2. The minimum absolute atomic E-state index is 0.0200. The van der Waals surface area contributed by atoms with Gasteiger partial charge in [0.2, 0.25) is 0 Å². The summed E-state index contributed by atoms with van der Waals surface area (Å²) in [6, 6.07) is 16.3. The fourth-order valence-corrected chi connectivity index (χ4v) is 4.41. The molecule has 2 unspecified atom stereocenters. The van der Waals surface area contributed by atoms with Crippen LogP contribution in [0.3, 0.4) is 0 Å². The third-order valence-corrected chi connectivity index (χ3v) is 6.01. The van der Waals surface area contributed by atoms with Crippen molar-refractivity contribution in [2.24, 2.45) is 7.05 Å². The number of hydrogen-bond acceptors (Lipinski definition) is 4. The van der Waals surface area contributed by atoms with E-state index in [0.717, 1.165) is 35.5 Å². The van der Waals surface area contributed by atoms with E-state index in [9.17, 15) is 9.18 Å². The molecule has 0 radical (unpaired) electrons. The van der Waals surface area contributed by atoms with Crippen molar-refractivity contribution >= 4 is 11.8 Å². The first kappa shape index (κ1) is 22.9. The van der Waals surface area contributed by atoms with Crippen LogP contribution in [-0.2, 0) is 11.8 Å². The highest BCUT2D eigenvalue weighted by atomic mass is 19.1. The maximum Gasteiger partial charge on any atom is 0.320 e. The second-order valence-corrected chi connectivity index (χ2v) is 8.53. The number of ether oxygens (including phenoxy) is 1. The highest BCUT2D eigenvalue weighted by Gasteiger charge is 2.35. The smallest absolute Gasteiger partial charge is 0.320 e. The molecule has 1 saturated heterocycles. The van der Waals surface area contributed by atoms with Crippen LogP contribution in [0, 0.1) is 12.7 Å². The Morgan fingerprint density at radius 2 is 1.97 bits per heavy atom. The van der Waals surface area contributed by atoms with Crippen LogP contribution >= 0.6 is 0 Å². The van der Waals surface area contributed by atoms with E-state index in [4.69, 9.17) is 4.74 Å². The Hall–Kier alpha value is -3.23. The van der Waals surface area contributed by atoms with Gasteiger partial charge in [-0.3, -0.25) is 14.9 Å². The number of rotatable bonds is 7. The molecule has 7 nitrogen and oxygen atoms in total. The van der Waals surface area contributed by atoms with Gasteiger partial charge >= 0.3 is 6.03 Å². The maximum absolute atomic E-state index is 14.1. The Morgan fingerprint density at radius 1 is 1.18 bits per heavy atom. The summed E-state index contributed by atoms with van der Waals surface area (Å²) in [4.78, 5) is 15.2. The molecular weight excluding hydrogens is 421 g/mol. The molecule has 2 aromatic carbocycles. The quantitative estimate of drug-likeness (QED) is 0.574. The van der Waals surface area contributed by atoms with Crippen LogP contribution in [0.5, 0.6) is 0 Å². The van der Waals surface area contributed by atoms with Gasteiger partial charge in [-0.05, 0) is 30.2 Å². The average Bonchev–Trinajstić information content (AvgIpc) is 3.35. The molecule has 2 N–H and O–H groups in total. The third-order valence-electron chi connectivity index (χ3n) is 6.01. The van der Waals surface area contributed by atoms with Gasteiger partial charge in [-0.25, -0.2) is 9.18 Å². The molecular formula is C25H30FN5O2. The second-order valence-electron chi connectivity index (χ2n) is 8.53. The SMILES string of the molecule is COCCN1CC(NC(=O)Nc2cc(-c3ccccc3)nn2C)C(c2cc(C)cc(F)c2)C1. The number of likely N-dealkylation sites (tertiary alicyclic amines) is 1. The summed E-state index contributed by atoms with van der Waals surface area (Å²) < 4.78 is 21.0. The number of amides is 2. The Balaban J connectivity index is 1.48. The number of urea groups is 1. The molecule has 2 amide bonds. The number of anilines is 1. The molecule has 0 saturated carbocycles. The Morgan fingerprint density at radius 3 is 2.70 bits per heavy atom. The van der Waals surface area contributed by atoms with Crippen molar-refractivity contribution in [3.8, 4) is 11.3 Å². The predicted molar refractivity (Wildman–Crippen MR) is 127 cm³/mol. The van der Waals surface area contributed by atoms with Gasteiger partial charge in [-0.2, -0.15) is 5.10 Å². The van der Waals surface area contributed by atoms with Gasteiger partial charge in [0.1, 0.15) is 11.6 Å². The van der Waals surface area contributed by atoms with Gasteiger partial charge in [0.05, 0.1) is 18.3 Å². The normalized spacial score (nSPS) is 18.4. The van der Waals surface area contributed by atoms with Crippen LogP contribution in [0.25, 0.3) is 11.3 Å². The first-order chi connectivity index (χ1) is 15.9. The Kier molecular flexibility index (Phi) is 7.05. The summed E-state index contributed by atoms with van der Waals surface area (Å²) in [6.45, 7) is 4.62. The summed E-state index contributed by atoms with van der Waals surface area (Å²) in [5.74, 6) is 0.319. The zero-order valence-corrected chi connectivity index (χ0v) is 19.2. The molecule has 174 valence electrons. The summed E-state index contributed by atoms with van der Waals surface area (Å²) in [6.07, 6.45) is 0. The second kappa shape index (κ2) is 10.1. The van der Waals surface area contributed by atoms with Crippen LogP contribution < -0.4 is 10.6 Å². The van der Waals surface area contributed by atoms with Crippen molar-refractivity contribution in [2.45, 2.75) is 18.9 Å². The van der Waals surface area contributed by atoms with E-state index >= 15 is 0 Å². The number of nitrogens with zero attached hydrogens (tertiary/aromatic N) is 3. The number of methoxy groups -OCH3 is 1. The monoisotopic (exact) mass is 451 g/mol. The first-order valence-electron chi connectivity index (χ1n) is 11.1. The number of aryl methyl sites for hydroxylation is 2. The highest BCUT2D eigenvalue weighted by Crippen LogP contribution is 2.29. The van der Waals surface area contributed by atoms with Crippen LogP contribution in [0.4, 0.5) is 15.0 Å². The van der Waals surface area contributed by atoms with Crippen LogP contribution in [0.1, 0.15) is 17.0 Å². The van der Waals surface area contributed by atoms with Gasteiger partial charge in [0.25, 0.3) is 0 Å². The van der Waals surface area contributed by atoms with E-state index in [2.05, 4.69) is 20.6 Å². The molecule has 0 bridgehead atoms. The largest absolute Gasteiger partial charge is 0.383 e. The molecule has 4 rings (SSSR count). The molecule has 8 heteroatoms. The minimum atomic E-state index is -0.311. The highest BCUT2D eigenvalue weighted by molar-refractivity contribution is 5.89. The fourth-order valence-electron chi connectivity index (χ4n) is 4.41. The zero-order valence-electron chi connectivity index (χ0n) is 19.2. The van der Waals surface area contributed by atoms with Crippen molar-refractivity contribution in [1.29, 1.82) is 0 Å². The molecule has 3 aromatic rings. The standard InChI is InChI=1S/C25H30FN5O2/c1-17-11-19(13-20(26)12-17)21-15-31(9-10-33-3)16-23(21)27-25(32)28-24-14-22(29-30(24)2)18-7-5-4-6-8-18/h4-8,11-14,21,23H,9-10,15-16H2,1-3H3,(H2,27,28,32). The van der Waals surface area contributed by atoms with Crippen molar-refractivity contribution in [3.63, 3.8) is 0 Å². The molecule has 1 aliphatic heterocycles. The first-order valence-corrected chi connectivity index (χ1v) is 11.1. The predicted octanol–water partition coefficient (Wildman–Crippen LogP) is 3.77. The van der Waals surface area contributed by atoms with Crippen molar-refractivity contribution in [3.05, 3.63) is 71.5 Å². The average molecular weight is 452 g/mol. The summed E-state index contributed by atoms with van der Waals surface area (Å²) in [5.41, 5.74) is 3.53. The number of hydrogen-bond donors (Lipinski definition) is 2. The van der Waals surface area contributed by atoms with Gasteiger partial charge in [0, 0.05) is 51.3 Å². The van der Waals surface area contributed by atoms with E-state index in [0.29, 0.717) is 19.0 Å². The Bertz CT molecular complexity index is 1080. The molecule has 0 aliphatic carbocycles. The van der Waals surface area contributed by atoms with Crippen molar-refractivity contribution < 1.29 is 13.9 Å². The summed E-state index contributed by atoms with van der Waals surface area (Å²) in [7, 11) is 3.46. The van der Waals surface area contributed by atoms with Gasteiger partial charge in [-0.15, -0.1) is 0 Å². The third kappa shape index (κ3) is 5.58. The van der Waals surface area contributed by atoms with Gasteiger partial charge < -0.3 is 10.1 Å². The summed E-state index contributed by atoms with van der Waals surface area (Å²) >= 11 is 0. The van der Waals surface area contributed by atoms with E-state index < -0.39 is 0 Å². The lowest BCUT2D eigenvalue weighted by Crippen LogP contribution is -2.42. The molecule has 2 atom stereocenters. The number of halogens is 1. The van der Waals surface area contributed by atoms with Crippen LogP contribution in [0.15, 0.2) is 54.6 Å². The fraction of sp³-hybridized carbons (Fsp3) is 0.360. The molecule has 1 fully saturated rings. The van der Waals surface area contributed by atoms with Gasteiger partial charge in [-0.1, -0.05) is 36.4 Å². The van der Waals surface area contributed by atoms with E-state index in [1.807, 2.05) is 49.4 Å². The number of benzene rings is 2. The lowest BCUT2D eigenvalue weighted by molar-refractivity contribution is 0.159. The molecule has 2 heterocycles. The van der Waals surface area contributed by atoms with Crippen molar-refractivity contribution in [2.75, 3.05) is 38.7 Å². The lowest BCUT2D eigenvalue weighted by Gasteiger charge is -2.21. The van der Waals surface area contributed by atoms with E-state index in [-0.39, 0.29) is 23.8 Å². The van der Waals surface area contributed by atoms with Crippen LogP contribution in [-0.4, -0.2) is 60.1 Å². The molecule has 1 aliphatic rings. The van der Waals surface area contributed by atoms with Gasteiger partial charge in [0.15, 0.2) is 0 Å². The maximum atomic E-state index is 14.1. The van der Waals surface area contributed by atoms with E-state index in [1.165, 1.54) is 6.07 Å².